The van der Waals surface area contributed by atoms with Crippen molar-refractivity contribution in [3.8, 4) is 5.75 Å². The summed E-state index contributed by atoms with van der Waals surface area (Å²) in [5.41, 5.74) is 9.68. The van der Waals surface area contributed by atoms with Crippen LogP contribution in [-0.4, -0.2) is 51.9 Å². The number of nitrogens with two attached hydrogens (primary N) is 1. The first-order valence-corrected chi connectivity index (χ1v) is 13.7. The first-order valence-electron chi connectivity index (χ1n) is 13.7. The predicted octanol–water partition coefficient (Wildman–Crippen LogP) is 5.12. The Bertz CT molecular complexity index is 1430. The molecule has 1 aromatic heterocycles. The molecular formula is C31H36N4O5. The molecule has 0 saturated carbocycles. The van der Waals surface area contributed by atoms with E-state index in [1.54, 1.807) is 4.90 Å². The minimum atomic E-state index is -0.631. The lowest BCUT2D eigenvalue weighted by molar-refractivity contribution is -0.119. The number of fused-ring (bicyclic) bond motifs is 1. The molecule has 3 aromatic rings. The van der Waals surface area contributed by atoms with E-state index in [0.29, 0.717) is 26.0 Å². The van der Waals surface area contributed by atoms with Crippen molar-refractivity contribution in [3.05, 3.63) is 71.4 Å². The van der Waals surface area contributed by atoms with Crippen molar-refractivity contribution in [3.63, 3.8) is 0 Å². The van der Waals surface area contributed by atoms with E-state index >= 15 is 0 Å². The zero-order valence-electron chi connectivity index (χ0n) is 23.4. The molecule has 9 nitrogen and oxygen atoms in total. The Labute approximate surface area is 234 Å². The van der Waals surface area contributed by atoms with Gasteiger partial charge in [-0.2, -0.15) is 0 Å². The van der Waals surface area contributed by atoms with Crippen LogP contribution in [0, 0.1) is 12.8 Å². The van der Waals surface area contributed by atoms with Crippen LogP contribution in [0.2, 0.25) is 0 Å². The molecule has 3 heterocycles. The van der Waals surface area contributed by atoms with Crippen molar-refractivity contribution in [2.75, 3.05) is 6.54 Å². The van der Waals surface area contributed by atoms with Crippen molar-refractivity contribution in [1.82, 2.24) is 9.88 Å². The number of rotatable bonds is 7. The van der Waals surface area contributed by atoms with E-state index in [2.05, 4.69) is 22.3 Å². The minimum Gasteiger partial charge on any atom is -0.489 e. The van der Waals surface area contributed by atoms with Gasteiger partial charge in [0.25, 0.3) is 0 Å². The molecule has 2 N–H and O–H groups in total. The van der Waals surface area contributed by atoms with Crippen molar-refractivity contribution < 1.29 is 23.9 Å². The Kier molecular flexibility index (Phi) is 7.65. The number of primary amides is 1. The Morgan fingerprint density at radius 3 is 2.60 bits per heavy atom. The molecule has 2 aliphatic rings. The van der Waals surface area contributed by atoms with Gasteiger partial charge in [-0.3, -0.25) is 9.78 Å². The van der Waals surface area contributed by atoms with Crippen LogP contribution in [0.25, 0.3) is 10.9 Å². The molecule has 0 spiro atoms. The van der Waals surface area contributed by atoms with E-state index in [0.717, 1.165) is 39.2 Å². The van der Waals surface area contributed by atoms with Gasteiger partial charge < -0.3 is 24.9 Å². The van der Waals surface area contributed by atoms with Crippen LogP contribution in [0.3, 0.4) is 0 Å². The average molecular weight is 545 g/mol. The third kappa shape index (κ3) is 6.19. The minimum absolute atomic E-state index is 0.0530. The molecule has 1 saturated heterocycles. The number of aromatic nitrogens is 1. The fourth-order valence-electron chi connectivity index (χ4n) is 5.54. The summed E-state index contributed by atoms with van der Waals surface area (Å²) >= 11 is 0. The van der Waals surface area contributed by atoms with Gasteiger partial charge in [0.1, 0.15) is 24.1 Å². The van der Waals surface area contributed by atoms with Crippen LogP contribution < -0.4 is 10.5 Å². The molecule has 1 fully saturated rings. The Hall–Kier alpha value is -4.14. The van der Waals surface area contributed by atoms with E-state index < -0.39 is 23.6 Å². The standard InChI is InChI=1S/C31H36N4O5/c1-19-15-21(23-7-5-6-8-25(23)33-19)18-38-22-11-9-20(10-12-22)26-16-28(40-34-26)24-13-14-35(27(24)17-29(32)36)30(37)39-31(2,3)4/h5-12,15,24,27-28H,13-14,16-18H2,1-4H3,(H2,32,36). The van der Waals surface area contributed by atoms with E-state index in [9.17, 15) is 9.59 Å². The van der Waals surface area contributed by atoms with Gasteiger partial charge in [0.2, 0.25) is 5.91 Å². The quantitative estimate of drug-likeness (QED) is 0.442. The normalized spacial score (nSPS) is 20.8. The number of para-hydroxylation sites is 1. The number of benzene rings is 2. The molecule has 3 atom stereocenters. The molecule has 0 bridgehead atoms. The molecule has 0 radical (unpaired) electrons. The summed E-state index contributed by atoms with van der Waals surface area (Å²) in [5, 5.41) is 5.44. The Morgan fingerprint density at radius 2 is 1.88 bits per heavy atom. The summed E-state index contributed by atoms with van der Waals surface area (Å²) in [7, 11) is 0. The summed E-state index contributed by atoms with van der Waals surface area (Å²) in [5.74, 6) is 0.210. The van der Waals surface area contributed by atoms with Gasteiger partial charge in [-0.25, -0.2) is 4.79 Å². The van der Waals surface area contributed by atoms with Crippen LogP contribution in [0.4, 0.5) is 4.79 Å². The maximum atomic E-state index is 12.8. The van der Waals surface area contributed by atoms with Crippen molar-refractivity contribution >= 4 is 28.6 Å². The molecular weight excluding hydrogens is 508 g/mol. The van der Waals surface area contributed by atoms with Crippen LogP contribution in [-0.2, 0) is 21.0 Å². The van der Waals surface area contributed by atoms with Gasteiger partial charge in [-0.1, -0.05) is 23.4 Å². The second-order valence-electron chi connectivity index (χ2n) is 11.5. The zero-order valence-corrected chi connectivity index (χ0v) is 23.4. The SMILES string of the molecule is Cc1cc(COc2ccc(C3=NOC(C4CCN(C(=O)OC(C)(C)C)C4CC(N)=O)C3)cc2)c2ccccc2n1. The van der Waals surface area contributed by atoms with Crippen LogP contribution in [0.15, 0.2) is 59.8 Å². The highest BCUT2D eigenvalue weighted by molar-refractivity contribution is 6.01. The summed E-state index contributed by atoms with van der Waals surface area (Å²) in [6.07, 6.45) is 0.611. The lowest BCUT2D eigenvalue weighted by Crippen LogP contribution is -2.45. The number of amides is 2. The van der Waals surface area contributed by atoms with Crippen molar-refractivity contribution in [2.45, 2.75) is 71.3 Å². The number of carbonyl (C=O) groups is 2. The first kappa shape index (κ1) is 27.4. The monoisotopic (exact) mass is 544 g/mol. The van der Waals surface area contributed by atoms with Gasteiger partial charge in [0.15, 0.2) is 0 Å². The topological polar surface area (TPSA) is 116 Å². The molecule has 2 amide bonds. The van der Waals surface area contributed by atoms with Gasteiger partial charge in [-0.15, -0.1) is 0 Å². The van der Waals surface area contributed by atoms with Gasteiger partial charge >= 0.3 is 6.09 Å². The number of nitrogens with zero attached hydrogens (tertiary/aromatic N) is 3. The molecule has 2 aliphatic heterocycles. The molecule has 3 unspecified atom stereocenters. The number of aryl methyl sites for hydroxylation is 1. The average Bonchev–Trinajstić information content (AvgIpc) is 3.53. The largest absolute Gasteiger partial charge is 0.489 e. The van der Waals surface area contributed by atoms with Crippen molar-refractivity contribution in [2.24, 2.45) is 16.8 Å². The van der Waals surface area contributed by atoms with E-state index in [1.807, 2.05) is 70.2 Å². The Morgan fingerprint density at radius 1 is 1.12 bits per heavy atom. The molecule has 9 heteroatoms. The van der Waals surface area contributed by atoms with E-state index in [1.165, 1.54) is 0 Å². The lowest BCUT2D eigenvalue weighted by atomic mass is 9.88. The number of likely N-dealkylation sites (tertiary alicyclic amines) is 1. The predicted molar refractivity (Wildman–Crippen MR) is 152 cm³/mol. The van der Waals surface area contributed by atoms with Crippen molar-refractivity contribution in [1.29, 1.82) is 0 Å². The summed E-state index contributed by atoms with van der Waals surface area (Å²) in [4.78, 5) is 36.8. The van der Waals surface area contributed by atoms with Crippen LogP contribution in [0.1, 0.15) is 56.9 Å². The number of carbonyl (C=O) groups excluding carboxylic acids is 2. The zero-order chi connectivity index (χ0) is 28.4. The fourth-order valence-corrected chi connectivity index (χ4v) is 5.54. The number of oxime groups is 1. The molecule has 2 aromatic carbocycles. The summed E-state index contributed by atoms with van der Waals surface area (Å²) < 4.78 is 11.7. The second kappa shape index (κ2) is 11.2. The number of hydrogen-bond donors (Lipinski definition) is 1. The van der Waals surface area contributed by atoms with Crippen LogP contribution in [0.5, 0.6) is 5.75 Å². The summed E-state index contributed by atoms with van der Waals surface area (Å²) in [6, 6.07) is 17.5. The molecule has 40 heavy (non-hydrogen) atoms. The third-order valence-corrected chi connectivity index (χ3v) is 7.32. The highest BCUT2D eigenvalue weighted by Gasteiger charge is 2.46. The number of hydrogen-bond acceptors (Lipinski definition) is 7. The number of pyridine rings is 1. The third-order valence-electron chi connectivity index (χ3n) is 7.32. The smallest absolute Gasteiger partial charge is 0.410 e. The maximum Gasteiger partial charge on any atom is 0.410 e. The number of ether oxygens (including phenoxy) is 2. The fraction of sp³-hybridized carbons (Fsp3) is 0.419. The van der Waals surface area contributed by atoms with E-state index in [4.69, 9.17) is 20.0 Å². The van der Waals surface area contributed by atoms with Crippen LogP contribution >= 0.6 is 0 Å². The molecule has 210 valence electrons. The summed E-state index contributed by atoms with van der Waals surface area (Å²) in [6.45, 7) is 8.36. The highest BCUT2D eigenvalue weighted by Crippen LogP contribution is 2.36. The lowest BCUT2D eigenvalue weighted by Gasteiger charge is -2.31. The highest BCUT2D eigenvalue weighted by atomic mass is 16.6. The van der Waals surface area contributed by atoms with Gasteiger partial charge in [0.05, 0.1) is 17.3 Å². The van der Waals surface area contributed by atoms with Gasteiger partial charge in [0, 0.05) is 41.9 Å². The molecule has 5 rings (SSSR count). The Balaban J connectivity index is 1.22. The first-order chi connectivity index (χ1) is 19.1. The molecule has 0 aliphatic carbocycles. The second-order valence-corrected chi connectivity index (χ2v) is 11.5. The maximum absolute atomic E-state index is 12.8. The van der Waals surface area contributed by atoms with Gasteiger partial charge in [-0.05, 0) is 76.1 Å². The van der Waals surface area contributed by atoms with E-state index in [-0.39, 0.29) is 18.4 Å².